The first kappa shape index (κ1) is 7.96. The molecule has 12 heavy (non-hydrogen) atoms. The van der Waals surface area contributed by atoms with Crippen molar-refractivity contribution >= 4 is 11.6 Å². The fourth-order valence-electron chi connectivity index (χ4n) is 2.93. The Kier molecular flexibility index (Phi) is 1.60. The molecule has 2 saturated carbocycles. The molecule has 2 rings (SSSR count). The summed E-state index contributed by atoms with van der Waals surface area (Å²) in [6.07, 6.45) is 1.91. The summed E-state index contributed by atoms with van der Waals surface area (Å²) < 4.78 is 0. The molecule has 0 saturated heterocycles. The van der Waals surface area contributed by atoms with E-state index in [1.165, 1.54) is 0 Å². The average Bonchev–Trinajstić information content (AvgIpc) is 2.51. The summed E-state index contributed by atoms with van der Waals surface area (Å²) in [6.45, 7) is 4.23. The zero-order chi connectivity index (χ0) is 8.88. The van der Waals surface area contributed by atoms with Crippen molar-refractivity contribution in [2.24, 2.45) is 23.7 Å². The molecule has 0 spiro atoms. The molecular weight excluding hydrogens is 152 g/mol. The maximum Gasteiger partial charge on any atom is 0.202 e. The fourth-order valence-corrected chi connectivity index (χ4v) is 2.93. The van der Waals surface area contributed by atoms with E-state index in [-0.39, 0.29) is 23.4 Å². The second-order valence-corrected chi connectivity index (χ2v) is 4.34. The Morgan fingerprint density at radius 2 is 1.50 bits per heavy atom. The van der Waals surface area contributed by atoms with Gasteiger partial charge >= 0.3 is 0 Å². The van der Waals surface area contributed by atoms with Gasteiger partial charge in [-0.25, -0.2) is 0 Å². The van der Waals surface area contributed by atoms with E-state index in [4.69, 9.17) is 0 Å². The SMILES string of the molecule is CC(C)C1[C@@H]2CC[C@H]1C(=O)C2=O. The predicted octanol–water partition coefficient (Wildman–Crippen LogP) is 1.44. The number of rotatable bonds is 1. The van der Waals surface area contributed by atoms with Crippen molar-refractivity contribution in [3.05, 3.63) is 0 Å². The topological polar surface area (TPSA) is 34.1 Å². The minimum atomic E-state index is -0.0787. The van der Waals surface area contributed by atoms with Crippen molar-refractivity contribution in [1.82, 2.24) is 0 Å². The van der Waals surface area contributed by atoms with E-state index in [1.54, 1.807) is 0 Å². The van der Waals surface area contributed by atoms with Crippen LogP contribution < -0.4 is 0 Å². The van der Waals surface area contributed by atoms with E-state index in [0.717, 1.165) is 12.8 Å². The summed E-state index contributed by atoms with van der Waals surface area (Å²) in [6, 6.07) is 0. The number of hydrogen-bond donors (Lipinski definition) is 0. The Morgan fingerprint density at radius 1 is 1.08 bits per heavy atom. The Balaban J connectivity index is 2.30. The minimum absolute atomic E-state index is 0.0787. The van der Waals surface area contributed by atoms with Gasteiger partial charge in [0.25, 0.3) is 0 Å². The van der Waals surface area contributed by atoms with Crippen LogP contribution in [0.25, 0.3) is 0 Å². The lowest BCUT2D eigenvalue weighted by atomic mass is 9.86. The van der Waals surface area contributed by atoms with Gasteiger partial charge in [0.2, 0.25) is 11.6 Å². The lowest BCUT2D eigenvalue weighted by molar-refractivity contribution is -0.138. The lowest BCUT2D eigenvalue weighted by Gasteiger charge is -2.16. The molecule has 0 heterocycles. The van der Waals surface area contributed by atoms with Crippen molar-refractivity contribution in [3.63, 3.8) is 0 Å². The van der Waals surface area contributed by atoms with Crippen LogP contribution in [0.1, 0.15) is 26.7 Å². The Morgan fingerprint density at radius 3 is 1.75 bits per heavy atom. The second-order valence-electron chi connectivity index (χ2n) is 4.34. The smallest absolute Gasteiger partial charge is 0.202 e. The normalized spacial score (nSPS) is 40.1. The van der Waals surface area contributed by atoms with Crippen LogP contribution in [0.3, 0.4) is 0 Å². The average molecular weight is 166 g/mol. The first-order valence-corrected chi connectivity index (χ1v) is 4.71. The van der Waals surface area contributed by atoms with Crippen LogP contribution in [0.4, 0.5) is 0 Å². The number of hydrogen-bond acceptors (Lipinski definition) is 2. The number of Topliss-reactive ketones (excluding diaryl/α,β-unsaturated/α-hetero) is 2. The van der Waals surface area contributed by atoms with E-state index in [2.05, 4.69) is 13.8 Å². The van der Waals surface area contributed by atoms with Crippen molar-refractivity contribution < 1.29 is 9.59 Å². The molecule has 3 atom stereocenters. The van der Waals surface area contributed by atoms with Gasteiger partial charge in [0.1, 0.15) is 0 Å². The van der Waals surface area contributed by atoms with Gasteiger partial charge < -0.3 is 0 Å². The molecule has 2 fully saturated rings. The van der Waals surface area contributed by atoms with E-state index < -0.39 is 0 Å². The maximum atomic E-state index is 11.3. The molecule has 0 amide bonds. The van der Waals surface area contributed by atoms with Gasteiger partial charge in [-0.05, 0) is 24.7 Å². The van der Waals surface area contributed by atoms with Gasteiger partial charge in [0.05, 0.1) is 0 Å². The van der Waals surface area contributed by atoms with Crippen LogP contribution in [-0.2, 0) is 9.59 Å². The highest BCUT2D eigenvalue weighted by Crippen LogP contribution is 2.48. The summed E-state index contributed by atoms with van der Waals surface area (Å²) in [5.74, 6) is 0.864. The summed E-state index contributed by atoms with van der Waals surface area (Å²) in [5, 5.41) is 0. The van der Waals surface area contributed by atoms with Crippen LogP contribution in [0.5, 0.6) is 0 Å². The quantitative estimate of drug-likeness (QED) is 0.552. The molecule has 2 bridgehead atoms. The molecule has 0 aromatic carbocycles. The van der Waals surface area contributed by atoms with Crippen molar-refractivity contribution in [1.29, 1.82) is 0 Å². The van der Waals surface area contributed by atoms with E-state index in [1.807, 2.05) is 0 Å². The van der Waals surface area contributed by atoms with Crippen LogP contribution in [0.15, 0.2) is 0 Å². The predicted molar refractivity (Wildman–Crippen MR) is 44.6 cm³/mol. The van der Waals surface area contributed by atoms with Gasteiger partial charge in [0.15, 0.2) is 0 Å². The maximum absolute atomic E-state index is 11.3. The molecule has 2 aliphatic carbocycles. The van der Waals surface area contributed by atoms with Crippen molar-refractivity contribution in [2.75, 3.05) is 0 Å². The standard InChI is InChI=1S/C10H14O2/c1-5(2)8-6-3-4-7(8)10(12)9(6)11/h5-8H,3-4H2,1-2H3/t6-,7+,8?. The minimum Gasteiger partial charge on any atom is -0.291 e. The molecule has 2 heteroatoms. The first-order valence-electron chi connectivity index (χ1n) is 4.71. The number of carbonyl (C=O) groups is 2. The lowest BCUT2D eigenvalue weighted by Crippen LogP contribution is -2.20. The number of fused-ring (bicyclic) bond motifs is 2. The monoisotopic (exact) mass is 166 g/mol. The molecule has 2 aliphatic rings. The Bertz CT molecular complexity index is 220. The van der Waals surface area contributed by atoms with Gasteiger partial charge in [-0.2, -0.15) is 0 Å². The Labute approximate surface area is 72.3 Å². The van der Waals surface area contributed by atoms with E-state index in [0.29, 0.717) is 11.8 Å². The van der Waals surface area contributed by atoms with Gasteiger partial charge in [-0.15, -0.1) is 0 Å². The highest BCUT2D eigenvalue weighted by molar-refractivity contribution is 6.41. The Hall–Kier alpha value is -0.660. The van der Waals surface area contributed by atoms with Gasteiger partial charge in [-0.3, -0.25) is 9.59 Å². The largest absolute Gasteiger partial charge is 0.291 e. The van der Waals surface area contributed by atoms with Crippen LogP contribution >= 0.6 is 0 Å². The molecule has 0 aliphatic heterocycles. The first-order chi connectivity index (χ1) is 5.63. The van der Waals surface area contributed by atoms with E-state index >= 15 is 0 Å². The van der Waals surface area contributed by atoms with Crippen LogP contribution in [0, 0.1) is 23.7 Å². The molecule has 0 aromatic heterocycles. The van der Waals surface area contributed by atoms with Crippen LogP contribution in [0.2, 0.25) is 0 Å². The molecule has 66 valence electrons. The molecule has 0 radical (unpaired) electrons. The van der Waals surface area contributed by atoms with Gasteiger partial charge in [-0.1, -0.05) is 13.8 Å². The van der Waals surface area contributed by atoms with Crippen molar-refractivity contribution in [2.45, 2.75) is 26.7 Å². The number of carbonyl (C=O) groups excluding carboxylic acids is 2. The van der Waals surface area contributed by atoms with Crippen molar-refractivity contribution in [3.8, 4) is 0 Å². The molecule has 2 nitrogen and oxygen atoms in total. The third kappa shape index (κ3) is 0.809. The molecule has 1 unspecified atom stereocenters. The fraction of sp³-hybridized carbons (Fsp3) is 0.800. The molecule has 0 aromatic rings. The summed E-state index contributed by atoms with van der Waals surface area (Å²) in [4.78, 5) is 22.7. The van der Waals surface area contributed by atoms with E-state index in [9.17, 15) is 9.59 Å². The number of ketones is 2. The summed E-state index contributed by atoms with van der Waals surface area (Å²) in [7, 11) is 0. The molecular formula is C10H14O2. The zero-order valence-corrected chi connectivity index (χ0v) is 7.54. The third-order valence-electron chi connectivity index (χ3n) is 3.40. The third-order valence-corrected chi connectivity index (χ3v) is 3.40. The summed E-state index contributed by atoms with van der Waals surface area (Å²) in [5.41, 5.74) is 0. The second kappa shape index (κ2) is 2.41. The molecule has 0 N–H and O–H groups in total. The summed E-state index contributed by atoms with van der Waals surface area (Å²) >= 11 is 0. The highest BCUT2D eigenvalue weighted by Gasteiger charge is 2.54. The highest BCUT2D eigenvalue weighted by atomic mass is 16.2. The van der Waals surface area contributed by atoms with Gasteiger partial charge in [0, 0.05) is 11.8 Å². The zero-order valence-electron chi connectivity index (χ0n) is 7.54. The van der Waals surface area contributed by atoms with Crippen LogP contribution in [-0.4, -0.2) is 11.6 Å².